The first kappa shape index (κ1) is 14.8. The fourth-order valence-electron chi connectivity index (χ4n) is 2.05. The van der Waals surface area contributed by atoms with Gasteiger partial charge in [-0.3, -0.25) is 4.79 Å². The van der Waals surface area contributed by atoms with E-state index >= 15 is 0 Å². The molecule has 0 aliphatic heterocycles. The van der Waals surface area contributed by atoms with Crippen LogP contribution in [0.25, 0.3) is 0 Å². The number of carbonyl (C=O) groups excluding carboxylic acids is 1. The average Bonchev–Trinajstić information content (AvgIpc) is 2.84. The summed E-state index contributed by atoms with van der Waals surface area (Å²) in [5, 5.41) is 3.03. The smallest absolute Gasteiger partial charge is 0.251 e. The minimum absolute atomic E-state index is 0.0330. The molecule has 0 saturated heterocycles. The molecule has 0 bridgehead atoms. The second-order valence-electron chi connectivity index (χ2n) is 4.99. The molecule has 1 aromatic carbocycles. The highest BCUT2D eigenvalue weighted by Gasteiger charge is 2.11. The highest BCUT2D eigenvalue weighted by molar-refractivity contribution is 7.11. The molecule has 3 N–H and O–H groups in total. The van der Waals surface area contributed by atoms with Gasteiger partial charge in [-0.1, -0.05) is 12.1 Å². The molecule has 4 heteroatoms. The van der Waals surface area contributed by atoms with Crippen molar-refractivity contribution in [1.29, 1.82) is 0 Å². The normalized spacial score (nSPS) is 12.2. The zero-order valence-corrected chi connectivity index (χ0v) is 12.7. The van der Waals surface area contributed by atoms with Gasteiger partial charge in [-0.15, -0.1) is 11.3 Å². The Bertz CT molecular complexity index is 574. The van der Waals surface area contributed by atoms with Crippen molar-refractivity contribution in [1.82, 2.24) is 5.32 Å². The Labute approximate surface area is 123 Å². The fraction of sp³-hybridized carbons (Fsp3) is 0.312. The van der Waals surface area contributed by atoms with E-state index in [2.05, 4.69) is 24.4 Å². The van der Waals surface area contributed by atoms with Crippen molar-refractivity contribution in [2.45, 2.75) is 32.9 Å². The van der Waals surface area contributed by atoms with Crippen LogP contribution in [0.1, 0.15) is 32.6 Å². The van der Waals surface area contributed by atoms with Gasteiger partial charge in [0.05, 0.1) is 0 Å². The molecule has 0 spiro atoms. The molecule has 1 aromatic heterocycles. The third-order valence-electron chi connectivity index (χ3n) is 3.13. The van der Waals surface area contributed by atoms with Crippen molar-refractivity contribution in [2.24, 2.45) is 5.73 Å². The molecule has 20 heavy (non-hydrogen) atoms. The van der Waals surface area contributed by atoms with Crippen molar-refractivity contribution >= 4 is 17.2 Å². The highest BCUT2D eigenvalue weighted by atomic mass is 32.1. The molecule has 0 radical (unpaired) electrons. The predicted octanol–water partition coefficient (Wildman–Crippen LogP) is 2.88. The van der Waals surface area contributed by atoms with Crippen LogP contribution in [0.3, 0.4) is 0 Å². The Morgan fingerprint density at radius 1 is 1.25 bits per heavy atom. The number of nitrogens with two attached hydrogens (primary N) is 1. The van der Waals surface area contributed by atoms with E-state index in [1.54, 1.807) is 11.3 Å². The second-order valence-corrected chi connectivity index (χ2v) is 6.36. The van der Waals surface area contributed by atoms with Crippen molar-refractivity contribution in [2.75, 3.05) is 0 Å². The first-order chi connectivity index (χ1) is 9.58. The molecule has 1 amide bonds. The fourth-order valence-corrected chi connectivity index (χ4v) is 3.07. The van der Waals surface area contributed by atoms with Crippen LogP contribution < -0.4 is 11.1 Å². The Morgan fingerprint density at radius 2 is 1.95 bits per heavy atom. The third kappa shape index (κ3) is 3.92. The first-order valence-electron chi connectivity index (χ1n) is 6.73. The maximum atomic E-state index is 12.1. The molecule has 106 valence electrons. The van der Waals surface area contributed by atoms with E-state index in [0.29, 0.717) is 12.1 Å². The van der Waals surface area contributed by atoms with Crippen molar-refractivity contribution in [3.8, 4) is 0 Å². The van der Waals surface area contributed by atoms with E-state index in [0.717, 1.165) is 12.0 Å². The van der Waals surface area contributed by atoms with Crippen LogP contribution in [0.15, 0.2) is 36.4 Å². The van der Waals surface area contributed by atoms with Crippen LogP contribution in [0, 0.1) is 6.92 Å². The molecule has 2 aromatic rings. The maximum absolute atomic E-state index is 12.1. The molecule has 3 nitrogen and oxygen atoms in total. The monoisotopic (exact) mass is 288 g/mol. The van der Waals surface area contributed by atoms with Crippen LogP contribution >= 0.6 is 11.3 Å². The number of amides is 1. The van der Waals surface area contributed by atoms with Crippen LogP contribution in [-0.2, 0) is 13.0 Å². The largest absolute Gasteiger partial charge is 0.349 e. The summed E-state index contributed by atoms with van der Waals surface area (Å²) in [5.74, 6) is -0.0330. The second kappa shape index (κ2) is 6.68. The number of carbonyl (C=O) groups is 1. The molecule has 2 rings (SSSR count). The van der Waals surface area contributed by atoms with E-state index in [1.165, 1.54) is 9.75 Å². The highest BCUT2D eigenvalue weighted by Crippen LogP contribution is 2.16. The van der Waals surface area contributed by atoms with Gasteiger partial charge in [0.15, 0.2) is 0 Å². The summed E-state index contributed by atoms with van der Waals surface area (Å²) in [6.07, 6.45) is 0.866. The van der Waals surface area contributed by atoms with Gasteiger partial charge in [0, 0.05) is 34.3 Å². The predicted molar refractivity (Wildman–Crippen MR) is 84.0 cm³/mol. The SMILES string of the molecule is Cc1ccc(CC(C)NC(=O)c2ccc(CN)cc2)s1. The summed E-state index contributed by atoms with van der Waals surface area (Å²) in [4.78, 5) is 14.7. The van der Waals surface area contributed by atoms with Gasteiger partial charge >= 0.3 is 0 Å². The Balaban J connectivity index is 1.92. The van der Waals surface area contributed by atoms with E-state index in [-0.39, 0.29) is 11.9 Å². The van der Waals surface area contributed by atoms with Crippen molar-refractivity contribution in [3.63, 3.8) is 0 Å². The summed E-state index contributed by atoms with van der Waals surface area (Å²) in [6, 6.07) is 11.8. The van der Waals surface area contributed by atoms with Crippen molar-refractivity contribution in [3.05, 3.63) is 57.3 Å². The quantitative estimate of drug-likeness (QED) is 0.889. The van der Waals surface area contributed by atoms with Crippen LogP contribution in [0.4, 0.5) is 0 Å². The lowest BCUT2D eigenvalue weighted by Crippen LogP contribution is -2.33. The number of hydrogen-bond acceptors (Lipinski definition) is 3. The Hall–Kier alpha value is -1.65. The molecule has 0 aliphatic carbocycles. The van der Waals surface area contributed by atoms with Gasteiger partial charge in [-0.25, -0.2) is 0 Å². The molecule has 0 saturated carbocycles. The van der Waals surface area contributed by atoms with E-state index < -0.39 is 0 Å². The zero-order chi connectivity index (χ0) is 14.5. The first-order valence-corrected chi connectivity index (χ1v) is 7.55. The maximum Gasteiger partial charge on any atom is 0.251 e. The van der Waals surface area contributed by atoms with Gasteiger partial charge in [0.1, 0.15) is 0 Å². The van der Waals surface area contributed by atoms with E-state index in [9.17, 15) is 4.79 Å². The summed E-state index contributed by atoms with van der Waals surface area (Å²) < 4.78 is 0. The molecule has 1 heterocycles. The lowest BCUT2D eigenvalue weighted by Gasteiger charge is -2.13. The van der Waals surface area contributed by atoms with Gasteiger partial charge in [0.25, 0.3) is 5.91 Å². The molecule has 1 unspecified atom stereocenters. The lowest BCUT2D eigenvalue weighted by molar-refractivity contribution is 0.0940. The number of nitrogens with one attached hydrogen (secondary N) is 1. The molecule has 0 fully saturated rings. The molecule has 1 atom stereocenters. The molecular formula is C16H20N2OS. The Kier molecular flexibility index (Phi) is 4.93. The zero-order valence-electron chi connectivity index (χ0n) is 11.8. The average molecular weight is 288 g/mol. The standard InChI is InChI=1S/C16H20N2OS/c1-11(9-15-8-3-12(2)20-15)18-16(19)14-6-4-13(10-17)5-7-14/h3-8,11H,9-10,17H2,1-2H3,(H,18,19). The summed E-state index contributed by atoms with van der Waals surface area (Å²) >= 11 is 1.78. The number of rotatable bonds is 5. The van der Waals surface area contributed by atoms with Crippen LogP contribution in [0.2, 0.25) is 0 Å². The van der Waals surface area contributed by atoms with Crippen molar-refractivity contribution < 1.29 is 4.79 Å². The van der Waals surface area contributed by atoms with Gasteiger partial charge in [-0.2, -0.15) is 0 Å². The van der Waals surface area contributed by atoms with Gasteiger partial charge < -0.3 is 11.1 Å². The third-order valence-corrected chi connectivity index (χ3v) is 4.16. The number of hydrogen-bond donors (Lipinski definition) is 2. The summed E-state index contributed by atoms with van der Waals surface area (Å²) in [7, 11) is 0. The van der Waals surface area contributed by atoms with Crippen LogP contribution in [-0.4, -0.2) is 11.9 Å². The number of benzene rings is 1. The molecule has 0 aliphatic rings. The van der Waals surface area contributed by atoms with E-state index in [1.807, 2.05) is 31.2 Å². The Morgan fingerprint density at radius 3 is 2.50 bits per heavy atom. The number of aryl methyl sites for hydroxylation is 1. The lowest BCUT2D eigenvalue weighted by atomic mass is 10.1. The van der Waals surface area contributed by atoms with E-state index in [4.69, 9.17) is 5.73 Å². The minimum atomic E-state index is -0.0330. The summed E-state index contributed by atoms with van der Waals surface area (Å²) in [6.45, 7) is 4.62. The van der Waals surface area contributed by atoms with Gasteiger partial charge in [-0.05, 0) is 43.7 Å². The summed E-state index contributed by atoms with van der Waals surface area (Å²) in [5.41, 5.74) is 7.25. The molecular weight excluding hydrogens is 268 g/mol. The number of thiophene rings is 1. The minimum Gasteiger partial charge on any atom is -0.349 e. The van der Waals surface area contributed by atoms with Gasteiger partial charge in [0.2, 0.25) is 0 Å². The van der Waals surface area contributed by atoms with Crippen LogP contribution in [0.5, 0.6) is 0 Å². The topological polar surface area (TPSA) is 55.1 Å².